The normalized spacial score (nSPS) is 19.4. The Kier molecular flexibility index (Phi) is 5.94. The molecule has 0 aliphatic carbocycles. The first-order valence-electron chi connectivity index (χ1n) is 10.8. The highest BCUT2D eigenvalue weighted by Gasteiger charge is 2.35. The molecule has 1 N–H and O–H groups in total. The predicted molar refractivity (Wildman–Crippen MR) is 120 cm³/mol. The van der Waals surface area contributed by atoms with Crippen LogP contribution in [0.3, 0.4) is 0 Å². The lowest BCUT2D eigenvalue weighted by atomic mass is 9.91. The highest BCUT2D eigenvalue weighted by molar-refractivity contribution is 6.02. The van der Waals surface area contributed by atoms with Gasteiger partial charge in [0.1, 0.15) is 5.76 Å². The van der Waals surface area contributed by atoms with Crippen LogP contribution in [0.2, 0.25) is 0 Å². The molecule has 2 aromatic rings. The van der Waals surface area contributed by atoms with E-state index in [9.17, 15) is 14.7 Å². The van der Waals surface area contributed by atoms with Gasteiger partial charge < -0.3 is 14.9 Å². The zero-order valence-electron chi connectivity index (χ0n) is 18.0. The molecule has 0 unspecified atom stereocenters. The molecule has 5 heteroatoms. The molecule has 160 valence electrons. The van der Waals surface area contributed by atoms with E-state index < -0.39 is 0 Å². The number of hydrogen-bond donors (Lipinski definition) is 1. The van der Waals surface area contributed by atoms with E-state index >= 15 is 0 Å². The molecule has 0 bridgehead atoms. The van der Waals surface area contributed by atoms with Crippen LogP contribution in [0.4, 0.5) is 0 Å². The van der Waals surface area contributed by atoms with Gasteiger partial charge in [-0.3, -0.25) is 9.59 Å². The van der Waals surface area contributed by atoms with Crippen molar-refractivity contribution in [2.24, 2.45) is 0 Å². The Hall–Kier alpha value is -3.34. The Morgan fingerprint density at radius 1 is 0.774 bits per heavy atom. The summed E-state index contributed by atoms with van der Waals surface area (Å²) in [6.45, 7) is 4.98. The number of aliphatic hydroxyl groups is 1. The minimum absolute atomic E-state index is 0.0502. The number of nitrogens with zero attached hydrogens (tertiary/aromatic N) is 2. The summed E-state index contributed by atoms with van der Waals surface area (Å²) in [5.74, 6) is -0.243. The Balaban J connectivity index is 1.56. The fourth-order valence-electron chi connectivity index (χ4n) is 4.47. The van der Waals surface area contributed by atoms with Gasteiger partial charge in [-0.15, -0.1) is 0 Å². The lowest BCUT2D eigenvalue weighted by Crippen LogP contribution is -2.41. The number of carbonyl (C=O) groups is 2. The van der Waals surface area contributed by atoms with Crippen molar-refractivity contribution in [1.82, 2.24) is 9.80 Å². The Bertz CT molecular complexity index is 1030. The van der Waals surface area contributed by atoms with E-state index in [0.29, 0.717) is 37.1 Å². The smallest absolute Gasteiger partial charge is 0.258 e. The molecular formula is C26H28N2O3. The van der Waals surface area contributed by atoms with Crippen LogP contribution in [-0.2, 0) is 9.59 Å². The highest BCUT2D eigenvalue weighted by Crippen LogP contribution is 2.34. The summed E-state index contributed by atoms with van der Waals surface area (Å²) in [5, 5.41) is 10.6. The van der Waals surface area contributed by atoms with Gasteiger partial charge in [-0.1, -0.05) is 60.7 Å². The molecule has 2 amide bonds. The molecule has 0 aromatic heterocycles. The summed E-state index contributed by atoms with van der Waals surface area (Å²) < 4.78 is 0. The molecule has 4 rings (SSSR count). The van der Waals surface area contributed by atoms with Crippen molar-refractivity contribution in [2.75, 3.05) is 13.1 Å². The number of rotatable bonds is 5. The minimum atomic E-state index is -0.205. The monoisotopic (exact) mass is 416 g/mol. The van der Waals surface area contributed by atoms with Gasteiger partial charge in [-0.05, 0) is 37.0 Å². The molecule has 31 heavy (non-hydrogen) atoms. The maximum Gasteiger partial charge on any atom is 0.258 e. The lowest BCUT2D eigenvalue weighted by molar-refractivity contribution is -0.130. The fraction of sp³-hybridized carbons (Fsp3) is 0.308. The van der Waals surface area contributed by atoms with Crippen LogP contribution in [-0.4, -0.2) is 39.8 Å². The Labute approximate surface area is 183 Å². The van der Waals surface area contributed by atoms with Crippen LogP contribution in [0.25, 0.3) is 0 Å². The van der Waals surface area contributed by atoms with Crippen molar-refractivity contribution >= 4 is 11.8 Å². The first-order valence-corrected chi connectivity index (χ1v) is 10.8. The predicted octanol–water partition coefficient (Wildman–Crippen LogP) is 4.71. The molecule has 0 fully saturated rings. The summed E-state index contributed by atoms with van der Waals surface area (Å²) in [5.41, 5.74) is 3.06. The average Bonchev–Trinajstić information content (AvgIpc) is 2.80. The Morgan fingerprint density at radius 2 is 1.29 bits per heavy atom. The van der Waals surface area contributed by atoms with Gasteiger partial charge in [-0.25, -0.2) is 0 Å². The number of aliphatic hydroxyl groups excluding tert-OH is 1. The number of hydrogen-bond acceptors (Lipinski definition) is 3. The van der Waals surface area contributed by atoms with Gasteiger partial charge in [-0.2, -0.15) is 0 Å². The summed E-state index contributed by atoms with van der Waals surface area (Å²) >= 11 is 0. The van der Waals surface area contributed by atoms with Crippen LogP contribution in [0.5, 0.6) is 0 Å². The van der Waals surface area contributed by atoms with Crippen molar-refractivity contribution in [2.45, 2.75) is 38.8 Å². The van der Waals surface area contributed by atoms with E-state index in [4.69, 9.17) is 0 Å². The van der Waals surface area contributed by atoms with Crippen LogP contribution >= 0.6 is 0 Å². The van der Waals surface area contributed by atoms with Crippen molar-refractivity contribution in [1.29, 1.82) is 0 Å². The maximum atomic E-state index is 13.3. The van der Waals surface area contributed by atoms with Crippen molar-refractivity contribution in [3.63, 3.8) is 0 Å². The summed E-state index contributed by atoms with van der Waals surface area (Å²) in [6, 6.07) is 19.6. The first-order chi connectivity index (χ1) is 15.0. The standard InChI is InChI=1S/C26H28N2O3/c1-18(20-9-5-3-6-10-20)27-15-13-22(17-24(27)30)25-23(29)14-16-28(26(25)31)19(2)21-11-7-4-8-12-21/h3-12,17-19,29H,13-16H2,1-2H3/t18-,19-/m0/s1. The van der Waals surface area contributed by atoms with Gasteiger partial charge in [0.05, 0.1) is 17.7 Å². The molecule has 2 aromatic carbocycles. The third kappa shape index (κ3) is 4.13. The molecule has 0 radical (unpaired) electrons. The maximum absolute atomic E-state index is 13.3. The van der Waals surface area contributed by atoms with Crippen LogP contribution in [0, 0.1) is 0 Å². The average molecular weight is 417 g/mol. The van der Waals surface area contributed by atoms with Crippen molar-refractivity contribution in [3.05, 3.63) is 94.8 Å². The molecule has 2 atom stereocenters. The molecular weight excluding hydrogens is 388 g/mol. The molecule has 0 saturated heterocycles. The summed E-state index contributed by atoms with van der Waals surface area (Å²) in [7, 11) is 0. The van der Waals surface area contributed by atoms with Gasteiger partial charge >= 0.3 is 0 Å². The van der Waals surface area contributed by atoms with Crippen molar-refractivity contribution in [3.8, 4) is 0 Å². The number of benzene rings is 2. The van der Waals surface area contributed by atoms with E-state index in [1.807, 2.05) is 79.4 Å². The van der Waals surface area contributed by atoms with E-state index in [0.717, 1.165) is 11.1 Å². The van der Waals surface area contributed by atoms with Crippen LogP contribution in [0.15, 0.2) is 83.6 Å². The molecule has 2 aliphatic rings. The third-order valence-corrected chi connectivity index (χ3v) is 6.38. The van der Waals surface area contributed by atoms with Gasteiger partial charge in [0.2, 0.25) is 5.91 Å². The summed E-state index contributed by atoms with van der Waals surface area (Å²) in [6.07, 6.45) is 2.47. The second kappa shape index (κ2) is 8.80. The lowest BCUT2D eigenvalue weighted by Gasteiger charge is -2.36. The van der Waals surface area contributed by atoms with Gasteiger partial charge in [0, 0.05) is 25.6 Å². The molecule has 2 heterocycles. The Morgan fingerprint density at radius 3 is 1.84 bits per heavy atom. The van der Waals surface area contributed by atoms with Gasteiger partial charge in [0.15, 0.2) is 0 Å². The fourth-order valence-corrected chi connectivity index (χ4v) is 4.47. The van der Waals surface area contributed by atoms with Gasteiger partial charge in [0.25, 0.3) is 5.91 Å². The first kappa shape index (κ1) is 20.9. The third-order valence-electron chi connectivity index (χ3n) is 6.38. The molecule has 0 saturated carbocycles. The van der Waals surface area contributed by atoms with E-state index in [1.165, 1.54) is 6.08 Å². The second-order valence-electron chi connectivity index (χ2n) is 8.19. The van der Waals surface area contributed by atoms with Crippen molar-refractivity contribution < 1.29 is 14.7 Å². The van der Waals surface area contributed by atoms with E-state index in [2.05, 4.69) is 0 Å². The van der Waals surface area contributed by atoms with Crippen LogP contribution in [0.1, 0.15) is 49.9 Å². The van der Waals surface area contributed by atoms with E-state index in [-0.39, 0.29) is 29.7 Å². The second-order valence-corrected chi connectivity index (χ2v) is 8.19. The zero-order chi connectivity index (χ0) is 22.0. The largest absolute Gasteiger partial charge is 0.511 e. The molecule has 5 nitrogen and oxygen atoms in total. The number of amides is 2. The van der Waals surface area contributed by atoms with E-state index in [1.54, 1.807) is 4.90 Å². The quantitative estimate of drug-likeness (QED) is 0.768. The minimum Gasteiger partial charge on any atom is -0.511 e. The van der Waals surface area contributed by atoms with Crippen LogP contribution < -0.4 is 0 Å². The zero-order valence-corrected chi connectivity index (χ0v) is 18.0. The summed E-state index contributed by atoms with van der Waals surface area (Å²) in [4.78, 5) is 29.9. The molecule has 0 spiro atoms. The number of carbonyl (C=O) groups excluding carboxylic acids is 2. The topological polar surface area (TPSA) is 60.9 Å². The SMILES string of the molecule is C[C@@H](c1ccccc1)N1CCC(C2=C(O)CCN([C@@H](C)c3ccccc3)C2=O)=CC1=O. The molecule has 2 aliphatic heterocycles. The highest BCUT2D eigenvalue weighted by atomic mass is 16.3.